The molecule has 0 spiro atoms. The Morgan fingerprint density at radius 3 is 2.30 bits per heavy atom. The van der Waals surface area contributed by atoms with Crippen molar-refractivity contribution in [3.05, 3.63) is 88.6 Å². The molecule has 30 heavy (non-hydrogen) atoms. The Balaban J connectivity index is 1.43. The van der Waals surface area contributed by atoms with Crippen LogP contribution in [0.1, 0.15) is 10.4 Å². The summed E-state index contributed by atoms with van der Waals surface area (Å²) in [6.07, 6.45) is 1.70. The molecule has 8 heteroatoms. The average molecular weight is 420 g/mol. The average Bonchev–Trinajstić information content (AvgIpc) is 2.80. The minimum absolute atomic E-state index is 0.0233. The van der Waals surface area contributed by atoms with Gasteiger partial charge in [0.25, 0.3) is 11.6 Å². The van der Waals surface area contributed by atoms with Crippen LogP contribution in [0.3, 0.4) is 0 Å². The second kappa shape index (κ2) is 8.96. The van der Waals surface area contributed by atoms with Gasteiger partial charge in [-0.2, -0.15) is 0 Å². The summed E-state index contributed by atoms with van der Waals surface area (Å²) in [4.78, 5) is 33.0. The van der Waals surface area contributed by atoms with E-state index in [4.69, 9.17) is 0 Å². The van der Waals surface area contributed by atoms with Crippen molar-refractivity contribution < 1.29 is 9.72 Å². The van der Waals surface area contributed by atoms with Crippen LogP contribution in [-0.2, 0) is 0 Å². The van der Waals surface area contributed by atoms with Gasteiger partial charge >= 0.3 is 0 Å². The van der Waals surface area contributed by atoms with Crippen molar-refractivity contribution in [2.45, 2.75) is 9.92 Å². The molecule has 1 fully saturated rings. The van der Waals surface area contributed by atoms with Crippen molar-refractivity contribution in [3.8, 4) is 0 Å². The monoisotopic (exact) mass is 420 g/mol. The van der Waals surface area contributed by atoms with E-state index in [-0.39, 0.29) is 11.6 Å². The molecule has 1 aliphatic heterocycles. The van der Waals surface area contributed by atoms with Crippen LogP contribution in [0.5, 0.6) is 0 Å². The fraction of sp³-hybridized carbons (Fsp3) is 0.182. The molecule has 2 heterocycles. The number of carbonyl (C=O) groups excluding carboxylic acids is 1. The second-order valence-corrected chi connectivity index (χ2v) is 7.89. The molecule has 1 amide bonds. The normalized spacial score (nSPS) is 13.9. The highest BCUT2D eigenvalue weighted by molar-refractivity contribution is 7.99. The number of pyridine rings is 1. The zero-order chi connectivity index (χ0) is 20.9. The van der Waals surface area contributed by atoms with E-state index < -0.39 is 4.92 Å². The Morgan fingerprint density at radius 1 is 0.933 bits per heavy atom. The Kier molecular flexibility index (Phi) is 5.94. The SMILES string of the molecule is O=C(c1cccnc1Sc1ccccc1)N1CCN(c2ccc([N+](=O)[O-])cc2)CC1. The number of carbonyl (C=O) groups is 1. The van der Waals surface area contributed by atoms with Gasteiger partial charge in [-0.25, -0.2) is 4.98 Å². The third-order valence-corrected chi connectivity index (χ3v) is 5.98. The number of non-ortho nitro benzene ring substituents is 1. The lowest BCUT2D eigenvalue weighted by atomic mass is 10.2. The van der Waals surface area contributed by atoms with E-state index in [0.29, 0.717) is 36.8 Å². The highest BCUT2D eigenvalue weighted by Crippen LogP contribution is 2.29. The number of piperazine rings is 1. The number of nitro benzene ring substituents is 1. The first-order valence-corrected chi connectivity index (χ1v) is 10.4. The first-order chi connectivity index (χ1) is 14.6. The lowest BCUT2D eigenvalue weighted by Crippen LogP contribution is -2.48. The summed E-state index contributed by atoms with van der Waals surface area (Å²) >= 11 is 1.48. The largest absolute Gasteiger partial charge is 0.368 e. The van der Waals surface area contributed by atoms with Crippen molar-refractivity contribution in [2.75, 3.05) is 31.1 Å². The van der Waals surface area contributed by atoms with E-state index in [9.17, 15) is 14.9 Å². The number of hydrogen-bond acceptors (Lipinski definition) is 6. The predicted octanol–water partition coefficient (Wildman–Crippen LogP) is 4.10. The molecular formula is C22H20N4O3S. The molecule has 0 bridgehead atoms. The molecule has 0 radical (unpaired) electrons. The number of hydrogen-bond donors (Lipinski definition) is 0. The molecular weight excluding hydrogens is 400 g/mol. The van der Waals surface area contributed by atoms with Gasteiger partial charge in [0, 0.05) is 55.1 Å². The van der Waals surface area contributed by atoms with Crippen molar-refractivity contribution in [2.24, 2.45) is 0 Å². The molecule has 7 nitrogen and oxygen atoms in total. The quantitative estimate of drug-likeness (QED) is 0.457. The van der Waals surface area contributed by atoms with Gasteiger partial charge < -0.3 is 9.80 Å². The molecule has 3 aromatic rings. The van der Waals surface area contributed by atoms with Gasteiger partial charge in [0.2, 0.25) is 0 Å². The number of benzene rings is 2. The van der Waals surface area contributed by atoms with Gasteiger partial charge in [-0.05, 0) is 36.4 Å². The van der Waals surface area contributed by atoms with E-state index >= 15 is 0 Å². The van der Waals surface area contributed by atoms with E-state index in [1.807, 2.05) is 41.3 Å². The van der Waals surface area contributed by atoms with Crippen LogP contribution in [0, 0.1) is 10.1 Å². The lowest BCUT2D eigenvalue weighted by molar-refractivity contribution is -0.384. The standard InChI is InChI=1S/C22H20N4O3S/c27-22(20-7-4-12-23-21(20)30-19-5-2-1-3-6-19)25-15-13-24(14-16-25)17-8-10-18(11-9-17)26(28)29/h1-12H,13-16H2. The van der Waals surface area contributed by atoms with Crippen LogP contribution in [0.25, 0.3) is 0 Å². The maximum absolute atomic E-state index is 13.2. The van der Waals surface area contributed by atoms with E-state index in [1.54, 1.807) is 24.4 Å². The molecule has 0 unspecified atom stereocenters. The van der Waals surface area contributed by atoms with Crippen LogP contribution in [0.4, 0.5) is 11.4 Å². The highest BCUT2D eigenvalue weighted by atomic mass is 32.2. The summed E-state index contributed by atoms with van der Waals surface area (Å²) in [5.74, 6) is -0.0233. The Bertz CT molecular complexity index is 1040. The van der Waals surface area contributed by atoms with Crippen molar-refractivity contribution in [1.29, 1.82) is 0 Å². The summed E-state index contributed by atoms with van der Waals surface area (Å²) in [6, 6.07) is 20.0. The molecule has 1 aromatic heterocycles. The number of aromatic nitrogens is 1. The number of rotatable bonds is 5. The van der Waals surface area contributed by atoms with Gasteiger partial charge in [0.15, 0.2) is 0 Å². The van der Waals surface area contributed by atoms with Crippen LogP contribution in [0.15, 0.2) is 82.8 Å². The number of anilines is 1. The summed E-state index contributed by atoms with van der Waals surface area (Å²) in [5.41, 5.74) is 1.61. The first kappa shape index (κ1) is 19.9. The molecule has 1 saturated heterocycles. The lowest BCUT2D eigenvalue weighted by Gasteiger charge is -2.36. The fourth-order valence-electron chi connectivity index (χ4n) is 3.36. The fourth-order valence-corrected chi connectivity index (χ4v) is 4.25. The highest BCUT2D eigenvalue weighted by Gasteiger charge is 2.25. The van der Waals surface area contributed by atoms with Crippen LogP contribution in [-0.4, -0.2) is 46.9 Å². The molecule has 0 atom stereocenters. The number of nitrogens with zero attached hydrogens (tertiary/aromatic N) is 4. The van der Waals surface area contributed by atoms with Gasteiger partial charge in [-0.3, -0.25) is 14.9 Å². The molecule has 1 aliphatic rings. The third kappa shape index (κ3) is 4.44. The van der Waals surface area contributed by atoms with Crippen molar-refractivity contribution >= 4 is 29.0 Å². The van der Waals surface area contributed by atoms with E-state index in [2.05, 4.69) is 9.88 Å². The molecule has 4 rings (SSSR count). The van der Waals surface area contributed by atoms with Crippen LogP contribution < -0.4 is 4.90 Å². The molecule has 0 saturated carbocycles. The summed E-state index contributed by atoms with van der Waals surface area (Å²) in [5, 5.41) is 11.5. The minimum atomic E-state index is -0.403. The van der Waals surface area contributed by atoms with Gasteiger partial charge in [0.05, 0.1) is 10.5 Å². The van der Waals surface area contributed by atoms with Gasteiger partial charge in [-0.1, -0.05) is 30.0 Å². The zero-order valence-electron chi connectivity index (χ0n) is 16.2. The topological polar surface area (TPSA) is 79.6 Å². The second-order valence-electron chi connectivity index (χ2n) is 6.82. The Hall–Kier alpha value is -3.39. The van der Waals surface area contributed by atoms with Gasteiger partial charge in [-0.15, -0.1) is 0 Å². The smallest absolute Gasteiger partial charge is 0.269 e. The maximum atomic E-state index is 13.2. The number of nitro groups is 1. The van der Waals surface area contributed by atoms with E-state index in [1.165, 1.54) is 23.9 Å². The molecule has 0 aliphatic carbocycles. The first-order valence-electron chi connectivity index (χ1n) is 9.58. The van der Waals surface area contributed by atoms with E-state index in [0.717, 1.165) is 10.6 Å². The minimum Gasteiger partial charge on any atom is -0.368 e. The molecule has 152 valence electrons. The van der Waals surface area contributed by atoms with Crippen molar-refractivity contribution in [1.82, 2.24) is 9.88 Å². The third-order valence-electron chi connectivity index (χ3n) is 4.95. The summed E-state index contributed by atoms with van der Waals surface area (Å²) in [6.45, 7) is 2.51. The Labute approximate surface area is 178 Å². The maximum Gasteiger partial charge on any atom is 0.269 e. The van der Waals surface area contributed by atoms with Gasteiger partial charge in [0.1, 0.15) is 5.03 Å². The molecule has 0 N–H and O–H groups in total. The Morgan fingerprint density at radius 2 is 1.63 bits per heavy atom. The number of amides is 1. The van der Waals surface area contributed by atoms with Crippen LogP contribution in [0.2, 0.25) is 0 Å². The molecule has 2 aromatic carbocycles. The predicted molar refractivity (Wildman–Crippen MR) is 116 cm³/mol. The van der Waals surface area contributed by atoms with Crippen molar-refractivity contribution in [3.63, 3.8) is 0 Å². The zero-order valence-corrected chi connectivity index (χ0v) is 17.0. The van der Waals surface area contributed by atoms with Crippen LogP contribution >= 0.6 is 11.8 Å². The summed E-state index contributed by atoms with van der Waals surface area (Å²) < 4.78 is 0. The summed E-state index contributed by atoms with van der Waals surface area (Å²) in [7, 11) is 0.